The van der Waals surface area contributed by atoms with E-state index in [2.05, 4.69) is 92.5 Å². The van der Waals surface area contributed by atoms with Crippen LogP contribution in [-0.2, 0) is 0 Å². The number of hydrogen-bond acceptors (Lipinski definition) is 2. The van der Waals surface area contributed by atoms with Gasteiger partial charge in [-0.1, -0.05) is 48.2 Å². The Morgan fingerprint density at radius 2 is 1.03 bits per heavy atom. The summed E-state index contributed by atoms with van der Waals surface area (Å²) in [5.74, 6) is 8.27. The lowest BCUT2D eigenvalue weighted by atomic mass is 9.89. The van der Waals surface area contributed by atoms with Crippen molar-refractivity contribution in [3.63, 3.8) is 0 Å². The van der Waals surface area contributed by atoms with Crippen LogP contribution >= 0.6 is 0 Å². The number of likely N-dealkylation sites (tertiary alicyclic amines) is 2. The highest BCUT2D eigenvalue weighted by Gasteiger charge is 2.23. The third-order valence-corrected chi connectivity index (χ3v) is 8.03. The molecule has 0 spiro atoms. The fourth-order valence-electron chi connectivity index (χ4n) is 6.00. The summed E-state index contributed by atoms with van der Waals surface area (Å²) < 4.78 is 0. The zero-order valence-corrected chi connectivity index (χ0v) is 19.9. The van der Waals surface area contributed by atoms with Crippen LogP contribution in [0, 0.1) is 11.8 Å². The van der Waals surface area contributed by atoms with Gasteiger partial charge in [0.2, 0.25) is 0 Å². The summed E-state index contributed by atoms with van der Waals surface area (Å²) >= 11 is 0. The highest BCUT2D eigenvalue weighted by molar-refractivity contribution is 5.84. The Morgan fingerprint density at radius 1 is 0.618 bits per heavy atom. The van der Waals surface area contributed by atoms with Crippen molar-refractivity contribution in [2.45, 2.75) is 37.5 Å². The molecule has 2 N–H and O–H groups in total. The summed E-state index contributed by atoms with van der Waals surface area (Å²) in [6.45, 7) is 6.41. The molecule has 2 aromatic carbocycles. The number of benzene rings is 2. The molecule has 174 valence electrons. The molecule has 4 nitrogen and oxygen atoms in total. The fraction of sp³-hybridized carbons (Fsp3) is 0.400. The zero-order chi connectivity index (χ0) is 22.7. The van der Waals surface area contributed by atoms with E-state index in [4.69, 9.17) is 0 Å². The van der Waals surface area contributed by atoms with Gasteiger partial charge in [-0.2, -0.15) is 0 Å². The molecule has 34 heavy (non-hydrogen) atoms. The van der Waals surface area contributed by atoms with E-state index < -0.39 is 0 Å². The molecule has 0 aliphatic carbocycles. The van der Waals surface area contributed by atoms with Gasteiger partial charge >= 0.3 is 0 Å². The number of para-hydroxylation sites is 2. The Morgan fingerprint density at radius 3 is 1.47 bits per heavy atom. The van der Waals surface area contributed by atoms with E-state index in [0.717, 1.165) is 39.3 Å². The van der Waals surface area contributed by atoms with Gasteiger partial charge in [0.25, 0.3) is 0 Å². The number of nitrogens with zero attached hydrogens (tertiary/aromatic N) is 2. The van der Waals surface area contributed by atoms with Gasteiger partial charge in [0.15, 0.2) is 0 Å². The second kappa shape index (κ2) is 9.70. The highest BCUT2D eigenvalue weighted by Crippen LogP contribution is 2.34. The predicted molar refractivity (Wildman–Crippen MR) is 141 cm³/mol. The van der Waals surface area contributed by atoms with Gasteiger partial charge in [-0.15, -0.1) is 0 Å². The van der Waals surface area contributed by atoms with Crippen molar-refractivity contribution < 1.29 is 0 Å². The summed E-state index contributed by atoms with van der Waals surface area (Å²) in [6, 6.07) is 17.4. The van der Waals surface area contributed by atoms with E-state index in [-0.39, 0.29) is 0 Å². The minimum atomic E-state index is 0.666. The maximum atomic E-state index is 3.47. The van der Waals surface area contributed by atoms with Crippen molar-refractivity contribution in [1.29, 1.82) is 0 Å². The first-order valence-electron chi connectivity index (χ1n) is 12.9. The van der Waals surface area contributed by atoms with Crippen LogP contribution in [0.25, 0.3) is 21.8 Å². The van der Waals surface area contributed by atoms with Gasteiger partial charge in [0.05, 0.1) is 13.1 Å². The molecule has 2 aliphatic rings. The summed E-state index contributed by atoms with van der Waals surface area (Å²) in [4.78, 5) is 12.0. The van der Waals surface area contributed by atoms with E-state index in [9.17, 15) is 0 Å². The first-order valence-corrected chi connectivity index (χ1v) is 12.9. The average molecular weight is 451 g/mol. The molecule has 0 saturated carbocycles. The predicted octanol–water partition coefficient (Wildman–Crippen LogP) is 5.71. The van der Waals surface area contributed by atoms with Gasteiger partial charge in [0.1, 0.15) is 0 Å². The molecule has 2 fully saturated rings. The quantitative estimate of drug-likeness (QED) is 0.391. The number of nitrogens with one attached hydrogen (secondary N) is 2. The van der Waals surface area contributed by atoms with Crippen molar-refractivity contribution in [1.82, 2.24) is 19.8 Å². The minimum absolute atomic E-state index is 0.666. The second-order valence-electron chi connectivity index (χ2n) is 10.0. The van der Waals surface area contributed by atoms with Gasteiger partial charge in [-0.3, -0.25) is 9.80 Å². The molecule has 4 heteroatoms. The van der Waals surface area contributed by atoms with Crippen molar-refractivity contribution in [2.75, 3.05) is 39.3 Å². The molecule has 2 aliphatic heterocycles. The molecule has 2 saturated heterocycles. The summed E-state index contributed by atoms with van der Waals surface area (Å²) in [6.07, 6.45) is 9.37. The zero-order valence-electron chi connectivity index (χ0n) is 19.9. The van der Waals surface area contributed by atoms with E-state index in [1.54, 1.807) is 0 Å². The van der Waals surface area contributed by atoms with Crippen LogP contribution in [-0.4, -0.2) is 59.0 Å². The molecule has 4 aromatic rings. The number of fused-ring (bicyclic) bond motifs is 2. The number of rotatable bonds is 4. The topological polar surface area (TPSA) is 38.1 Å². The van der Waals surface area contributed by atoms with Crippen molar-refractivity contribution in [3.05, 3.63) is 72.1 Å². The lowest BCUT2D eigenvalue weighted by molar-refractivity contribution is 0.233. The Balaban J connectivity index is 0.953. The Labute approximate surface area is 202 Å². The van der Waals surface area contributed by atoms with Gasteiger partial charge in [-0.05, 0) is 87.0 Å². The van der Waals surface area contributed by atoms with Crippen molar-refractivity contribution in [3.8, 4) is 11.8 Å². The minimum Gasteiger partial charge on any atom is -0.361 e. The lowest BCUT2D eigenvalue weighted by Gasteiger charge is -2.31. The lowest BCUT2D eigenvalue weighted by Crippen LogP contribution is -2.34. The Hall–Kier alpha value is -3.00. The summed E-state index contributed by atoms with van der Waals surface area (Å²) in [5, 5.41) is 2.79. The van der Waals surface area contributed by atoms with Crippen LogP contribution in [0.15, 0.2) is 60.9 Å². The third-order valence-electron chi connectivity index (χ3n) is 8.03. The van der Waals surface area contributed by atoms with E-state index in [1.807, 2.05) is 0 Å². The number of hydrogen-bond donors (Lipinski definition) is 2. The number of piperidine rings is 2. The molecule has 2 aromatic heterocycles. The molecule has 4 heterocycles. The van der Waals surface area contributed by atoms with Gasteiger partial charge < -0.3 is 9.97 Å². The molecule has 0 unspecified atom stereocenters. The molecule has 0 amide bonds. The summed E-state index contributed by atoms with van der Waals surface area (Å²) in [7, 11) is 0. The first-order chi connectivity index (χ1) is 16.8. The standard InChI is InChI=1S/C30H34N4/c1-3-9-29-25(7-1)27(21-31-29)23-11-17-33(18-12-23)15-5-6-16-34-19-13-24(14-20-34)28-22-32-30-10-4-2-8-26(28)30/h1-4,7-10,21-24,31-32H,11-20H2. The van der Waals surface area contributed by atoms with Crippen LogP contribution in [0.2, 0.25) is 0 Å². The van der Waals surface area contributed by atoms with E-state index >= 15 is 0 Å². The first kappa shape index (κ1) is 21.5. The van der Waals surface area contributed by atoms with Crippen LogP contribution in [0.4, 0.5) is 0 Å². The number of aromatic nitrogens is 2. The molecule has 0 atom stereocenters. The molecule has 0 bridgehead atoms. The normalized spacial score (nSPS) is 18.9. The fourth-order valence-corrected chi connectivity index (χ4v) is 6.00. The molecule has 0 radical (unpaired) electrons. The largest absolute Gasteiger partial charge is 0.361 e. The van der Waals surface area contributed by atoms with Gasteiger partial charge in [0, 0.05) is 34.2 Å². The molecular formula is C30H34N4. The number of H-pyrrole nitrogens is 2. The van der Waals surface area contributed by atoms with Gasteiger partial charge in [-0.25, -0.2) is 0 Å². The monoisotopic (exact) mass is 450 g/mol. The smallest absolute Gasteiger partial charge is 0.0602 e. The Bertz CT molecular complexity index is 1200. The van der Waals surface area contributed by atoms with Crippen LogP contribution in [0.3, 0.4) is 0 Å². The highest BCUT2D eigenvalue weighted by atomic mass is 15.1. The van der Waals surface area contributed by atoms with E-state index in [0.29, 0.717) is 11.8 Å². The van der Waals surface area contributed by atoms with Crippen LogP contribution in [0.1, 0.15) is 48.6 Å². The SMILES string of the molecule is C(#CCN1CCC(c2c[nH]c3ccccc23)CC1)CN1CCC(c2c[nH]c3ccccc23)CC1. The summed E-state index contributed by atoms with van der Waals surface area (Å²) in [5.41, 5.74) is 5.52. The third kappa shape index (κ3) is 4.39. The van der Waals surface area contributed by atoms with Crippen LogP contribution in [0.5, 0.6) is 0 Å². The second-order valence-corrected chi connectivity index (χ2v) is 10.0. The van der Waals surface area contributed by atoms with Crippen LogP contribution < -0.4 is 0 Å². The number of aromatic amines is 2. The maximum absolute atomic E-state index is 3.47. The average Bonchev–Trinajstić information content (AvgIpc) is 3.52. The maximum Gasteiger partial charge on any atom is 0.0602 e. The van der Waals surface area contributed by atoms with Crippen molar-refractivity contribution in [2.24, 2.45) is 0 Å². The van der Waals surface area contributed by atoms with E-state index in [1.165, 1.54) is 58.6 Å². The van der Waals surface area contributed by atoms with Crippen molar-refractivity contribution >= 4 is 21.8 Å². The molecule has 6 rings (SSSR count). The Kier molecular flexibility index (Phi) is 6.14. The molecular weight excluding hydrogens is 416 g/mol.